The van der Waals surface area contributed by atoms with E-state index in [0.717, 1.165) is 59.5 Å². The van der Waals surface area contributed by atoms with E-state index >= 15 is 0 Å². The summed E-state index contributed by atoms with van der Waals surface area (Å²) in [6.07, 6.45) is 8.41. The molecule has 5 rings (SSSR count). The fourth-order valence-electron chi connectivity index (χ4n) is 4.22. The number of hydrogen-bond donors (Lipinski definition) is 2. The number of rotatable bonds is 1. The molecule has 0 aromatic carbocycles. The number of nitrogens with one attached hydrogen (secondary N) is 2. The van der Waals surface area contributed by atoms with Crippen molar-refractivity contribution < 1.29 is 0 Å². The number of fused-ring (bicyclic) bond motifs is 5. The van der Waals surface area contributed by atoms with Gasteiger partial charge in [-0.3, -0.25) is 14.8 Å². The minimum atomic E-state index is 0.00194. The van der Waals surface area contributed by atoms with Crippen LogP contribution in [0.5, 0.6) is 0 Å². The van der Waals surface area contributed by atoms with Crippen LogP contribution >= 0.6 is 11.3 Å². The minimum Gasteiger partial charge on any atom is -0.308 e. The Labute approximate surface area is 149 Å². The zero-order valence-corrected chi connectivity index (χ0v) is 15.1. The zero-order chi connectivity index (χ0) is 17.0. The van der Waals surface area contributed by atoms with Crippen LogP contribution in [0, 0.1) is 0 Å². The summed E-state index contributed by atoms with van der Waals surface area (Å²) >= 11 is 1.56. The summed E-state index contributed by atoms with van der Waals surface area (Å²) in [5.74, 6) is 0.831. The Balaban J connectivity index is 1.71. The minimum absolute atomic E-state index is 0.00194. The molecule has 0 amide bonds. The summed E-state index contributed by atoms with van der Waals surface area (Å²) in [5.41, 5.74) is 4.39. The highest BCUT2D eigenvalue weighted by atomic mass is 32.1. The van der Waals surface area contributed by atoms with Crippen LogP contribution in [0.15, 0.2) is 11.0 Å². The molecule has 0 saturated carbocycles. The van der Waals surface area contributed by atoms with E-state index in [1.54, 1.807) is 11.3 Å². The van der Waals surface area contributed by atoms with Gasteiger partial charge in [0.05, 0.1) is 17.3 Å². The van der Waals surface area contributed by atoms with Crippen LogP contribution in [0.3, 0.4) is 0 Å². The molecule has 1 saturated heterocycles. The number of aromatic amines is 2. The molecule has 7 heteroatoms. The van der Waals surface area contributed by atoms with Crippen molar-refractivity contribution in [2.45, 2.75) is 44.6 Å². The Bertz CT molecular complexity index is 1000. The summed E-state index contributed by atoms with van der Waals surface area (Å²) in [6, 6.07) is 0.219. The largest absolute Gasteiger partial charge is 0.308 e. The number of piperidine rings is 1. The monoisotopic (exact) mass is 355 g/mol. The highest BCUT2D eigenvalue weighted by molar-refractivity contribution is 7.22. The smallest absolute Gasteiger partial charge is 0.268 e. The summed E-state index contributed by atoms with van der Waals surface area (Å²) < 4.78 is 0.751. The Hall–Kier alpha value is -1.99. The predicted molar refractivity (Wildman–Crippen MR) is 99.1 cm³/mol. The standard InChI is InChI=1S/C18H21N5OS/c1-23-8-3-2-7-13(23)17-20-14-10-5-4-6-12-11(9-19-22-12)15(10)25-16(14)18(24)21-17/h9,13H,2-8H2,1H3,(H,19,22)(H,20,21,24). The number of likely N-dealkylation sites (tertiary alicyclic amines) is 1. The van der Waals surface area contributed by atoms with Crippen molar-refractivity contribution in [2.24, 2.45) is 0 Å². The fraction of sp³-hybridized carbons (Fsp3) is 0.500. The van der Waals surface area contributed by atoms with E-state index in [2.05, 4.69) is 27.1 Å². The lowest BCUT2D eigenvalue weighted by molar-refractivity contribution is 0.179. The molecule has 1 aliphatic heterocycles. The molecule has 1 unspecified atom stereocenters. The SMILES string of the molecule is CN1CCCCC1c1nc2c3c(sc2c(=O)[nH]1)-c1c[nH]nc1CCC3. The van der Waals surface area contributed by atoms with Gasteiger partial charge in [0.25, 0.3) is 5.56 Å². The van der Waals surface area contributed by atoms with Gasteiger partial charge in [-0.25, -0.2) is 4.98 Å². The lowest BCUT2D eigenvalue weighted by Crippen LogP contribution is -2.32. The maximum Gasteiger partial charge on any atom is 0.268 e. The van der Waals surface area contributed by atoms with Gasteiger partial charge in [-0.15, -0.1) is 11.3 Å². The first kappa shape index (κ1) is 15.3. The molecule has 1 fully saturated rings. The van der Waals surface area contributed by atoms with Crippen LogP contribution < -0.4 is 5.56 Å². The number of aromatic nitrogens is 4. The van der Waals surface area contributed by atoms with Crippen molar-refractivity contribution in [1.29, 1.82) is 0 Å². The first-order valence-corrected chi connectivity index (χ1v) is 9.83. The van der Waals surface area contributed by atoms with E-state index < -0.39 is 0 Å². The molecule has 1 atom stereocenters. The van der Waals surface area contributed by atoms with Crippen molar-refractivity contribution in [1.82, 2.24) is 25.1 Å². The molecule has 0 spiro atoms. The van der Waals surface area contributed by atoms with E-state index in [1.807, 2.05) is 6.20 Å². The average molecular weight is 355 g/mol. The van der Waals surface area contributed by atoms with Gasteiger partial charge < -0.3 is 4.98 Å². The van der Waals surface area contributed by atoms with E-state index in [-0.39, 0.29) is 11.6 Å². The van der Waals surface area contributed by atoms with Gasteiger partial charge in [0, 0.05) is 16.6 Å². The van der Waals surface area contributed by atoms with Crippen LogP contribution in [0.25, 0.3) is 20.7 Å². The van der Waals surface area contributed by atoms with E-state index in [1.165, 1.54) is 23.3 Å². The van der Waals surface area contributed by atoms with Gasteiger partial charge in [-0.05, 0) is 51.3 Å². The van der Waals surface area contributed by atoms with Gasteiger partial charge >= 0.3 is 0 Å². The summed E-state index contributed by atoms with van der Waals surface area (Å²) in [5, 5.41) is 7.36. The highest BCUT2D eigenvalue weighted by Crippen LogP contribution is 2.41. The molecular formula is C18H21N5OS. The second-order valence-corrected chi connectivity index (χ2v) is 8.15. The number of thiophene rings is 1. The maximum atomic E-state index is 12.8. The first-order chi connectivity index (χ1) is 12.2. The molecular weight excluding hydrogens is 334 g/mol. The Morgan fingerprint density at radius 1 is 1.28 bits per heavy atom. The Morgan fingerprint density at radius 3 is 3.08 bits per heavy atom. The van der Waals surface area contributed by atoms with Crippen molar-refractivity contribution in [3.63, 3.8) is 0 Å². The lowest BCUT2D eigenvalue weighted by Gasteiger charge is -2.31. The fourth-order valence-corrected chi connectivity index (χ4v) is 5.44. The molecule has 6 nitrogen and oxygen atoms in total. The van der Waals surface area contributed by atoms with E-state index in [4.69, 9.17) is 4.98 Å². The van der Waals surface area contributed by atoms with Crippen LogP contribution in [-0.2, 0) is 12.8 Å². The predicted octanol–water partition coefficient (Wildman–Crippen LogP) is 3.02. The third-order valence-corrected chi connectivity index (χ3v) is 6.80. The zero-order valence-electron chi connectivity index (χ0n) is 14.3. The molecule has 0 bridgehead atoms. The van der Waals surface area contributed by atoms with Crippen LogP contribution in [0.2, 0.25) is 0 Å². The topological polar surface area (TPSA) is 77.7 Å². The number of nitrogens with zero attached hydrogens (tertiary/aromatic N) is 3. The lowest BCUT2D eigenvalue weighted by atomic mass is 10.0. The van der Waals surface area contributed by atoms with E-state index in [9.17, 15) is 4.79 Å². The van der Waals surface area contributed by atoms with Crippen molar-refractivity contribution >= 4 is 21.6 Å². The molecule has 25 heavy (non-hydrogen) atoms. The van der Waals surface area contributed by atoms with Gasteiger partial charge in [0.2, 0.25) is 0 Å². The number of aryl methyl sites for hydroxylation is 2. The second kappa shape index (κ2) is 5.78. The van der Waals surface area contributed by atoms with Gasteiger partial charge in [-0.1, -0.05) is 6.42 Å². The van der Waals surface area contributed by atoms with Gasteiger partial charge in [0.1, 0.15) is 10.5 Å². The van der Waals surface area contributed by atoms with Crippen LogP contribution in [0.4, 0.5) is 0 Å². The molecule has 2 aliphatic rings. The van der Waals surface area contributed by atoms with Gasteiger partial charge in [0.15, 0.2) is 0 Å². The molecule has 2 N–H and O–H groups in total. The first-order valence-electron chi connectivity index (χ1n) is 9.01. The third-order valence-electron chi connectivity index (χ3n) is 5.55. The highest BCUT2D eigenvalue weighted by Gasteiger charge is 2.27. The second-order valence-electron chi connectivity index (χ2n) is 7.13. The quantitative estimate of drug-likeness (QED) is 0.703. The Morgan fingerprint density at radius 2 is 2.20 bits per heavy atom. The summed E-state index contributed by atoms with van der Waals surface area (Å²) in [4.78, 5) is 24.3. The van der Waals surface area contributed by atoms with Crippen LogP contribution in [-0.4, -0.2) is 38.7 Å². The van der Waals surface area contributed by atoms with Gasteiger partial charge in [-0.2, -0.15) is 5.10 Å². The Kier molecular flexibility index (Phi) is 3.53. The van der Waals surface area contributed by atoms with Crippen molar-refractivity contribution in [2.75, 3.05) is 13.6 Å². The van der Waals surface area contributed by atoms with Crippen molar-refractivity contribution in [3.8, 4) is 10.4 Å². The number of hydrogen-bond acceptors (Lipinski definition) is 5. The van der Waals surface area contributed by atoms with Crippen LogP contribution in [0.1, 0.15) is 48.8 Å². The third kappa shape index (κ3) is 2.37. The van der Waals surface area contributed by atoms with Crippen molar-refractivity contribution in [3.05, 3.63) is 33.6 Å². The summed E-state index contributed by atoms with van der Waals surface area (Å²) in [7, 11) is 2.12. The maximum absolute atomic E-state index is 12.8. The molecule has 3 aromatic rings. The average Bonchev–Trinajstić information content (AvgIpc) is 3.17. The van der Waals surface area contributed by atoms with E-state index in [0.29, 0.717) is 0 Å². The normalized spacial score (nSPS) is 21.1. The molecule has 4 heterocycles. The number of H-pyrrole nitrogens is 2. The molecule has 130 valence electrons. The molecule has 3 aromatic heterocycles. The summed E-state index contributed by atoms with van der Waals surface area (Å²) in [6.45, 7) is 1.06. The molecule has 0 radical (unpaired) electrons. The molecule has 1 aliphatic carbocycles.